The van der Waals surface area contributed by atoms with Crippen LogP contribution in [0.3, 0.4) is 0 Å². The second kappa shape index (κ2) is 7.70. The van der Waals surface area contributed by atoms with Gasteiger partial charge in [0, 0.05) is 41.5 Å². The number of Topliss-reactive ketones (excluding diaryl/α,β-unsaturated/α-hetero) is 1. The van der Waals surface area contributed by atoms with E-state index in [1.54, 1.807) is 38.5 Å². The van der Waals surface area contributed by atoms with Crippen LogP contribution in [0.5, 0.6) is 11.5 Å². The average molecular weight is 395 g/mol. The molecular formula is C23H22FNO4. The van der Waals surface area contributed by atoms with Crippen molar-refractivity contribution in [2.24, 2.45) is 0 Å². The lowest BCUT2D eigenvalue weighted by Crippen LogP contribution is -2.38. The third-order valence-electron chi connectivity index (χ3n) is 5.69. The lowest BCUT2D eigenvalue weighted by molar-refractivity contribution is -0.122. The molecule has 0 unspecified atom stereocenters. The van der Waals surface area contributed by atoms with E-state index >= 15 is 0 Å². The molecule has 0 radical (unpaired) electrons. The maximum Gasteiger partial charge on any atom is 0.225 e. The van der Waals surface area contributed by atoms with Crippen LogP contribution in [0.25, 0.3) is 0 Å². The number of methoxy groups -OCH3 is 2. The van der Waals surface area contributed by atoms with E-state index in [-0.39, 0.29) is 30.4 Å². The molecule has 2 aliphatic rings. The van der Waals surface area contributed by atoms with E-state index in [1.807, 2.05) is 12.1 Å². The van der Waals surface area contributed by atoms with Crippen molar-refractivity contribution in [3.05, 3.63) is 70.7 Å². The Labute approximate surface area is 168 Å². The third-order valence-corrected chi connectivity index (χ3v) is 5.69. The maximum absolute atomic E-state index is 14.4. The number of benzene rings is 2. The molecule has 2 aromatic carbocycles. The third kappa shape index (κ3) is 3.50. The fraction of sp³-hybridized carbons (Fsp3) is 0.304. The number of hydrogen-bond acceptors (Lipinski definition) is 4. The lowest BCUT2D eigenvalue weighted by atomic mass is 9.73. The van der Waals surface area contributed by atoms with Gasteiger partial charge >= 0.3 is 0 Å². The number of rotatable bonds is 4. The van der Waals surface area contributed by atoms with E-state index in [2.05, 4.69) is 5.32 Å². The van der Waals surface area contributed by atoms with Crippen LogP contribution in [0.15, 0.2) is 53.7 Å². The summed E-state index contributed by atoms with van der Waals surface area (Å²) in [4.78, 5) is 25.5. The molecule has 0 saturated heterocycles. The van der Waals surface area contributed by atoms with Crippen molar-refractivity contribution in [2.45, 2.75) is 31.1 Å². The molecule has 0 spiro atoms. The molecule has 5 nitrogen and oxygen atoms in total. The Morgan fingerprint density at radius 3 is 2.48 bits per heavy atom. The van der Waals surface area contributed by atoms with Crippen molar-refractivity contribution in [1.82, 2.24) is 5.32 Å². The summed E-state index contributed by atoms with van der Waals surface area (Å²) >= 11 is 0. The summed E-state index contributed by atoms with van der Waals surface area (Å²) in [6, 6.07) is 11.8. The summed E-state index contributed by atoms with van der Waals surface area (Å²) in [5, 5.41) is 2.86. The highest BCUT2D eigenvalue weighted by atomic mass is 19.1. The predicted molar refractivity (Wildman–Crippen MR) is 105 cm³/mol. The monoisotopic (exact) mass is 395 g/mol. The Balaban J connectivity index is 1.75. The van der Waals surface area contributed by atoms with Gasteiger partial charge < -0.3 is 14.8 Å². The van der Waals surface area contributed by atoms with E-state index < -0.39 is 11.7 Å². The van der Waals surface area contributed by atoms with Crippen LogP contribution < -0.4 is 14.8 Å². The van der Waals surface area contributed by atoms with Crippen LogP contribution in [0.4, 0.5) is 4.39 Å². The molecule has 0 fully saturated rings. The highest BCUT2D eigenvalue weighted by Crippen LogP contribution is 2.45. The smallest absolute Gasteiger partial charge is 0.225 e. The summed E-state index contributed by atoms with van der Waals surface area (Å²) in [5.74, 6) is -0.0576. The largest absolute Gasteiger partial charge is 0.497 e. The molecule has 4 rings (SSSR count). The quantitative estimate of drug-likeness (QED) is 0.854. The minimum absolute atomic E-state index is 0.0681. The number of ether oxygens (including phenoxy) is 2. The molecule has 1 aliphatic carbocycles. The Morgan fingerprint density at radius 2 is 1.76 bits per heavy atom. The Bertz CT molecular complexity index is 1010. The molecule has 1 heterocycles. The van der Waals surface area contributed by atoms with Gasteiger partial charge in [-0.1, -0.05) is 18.2 Å². The van der Waals surface area contributed by atoms with Crippen molar-refractivity contribution < 1.29 is 23.5 Å². The molecular weight excluding hydrogens is 373 g/mol. The summed E-state index contributed by atoms with van der Waals surface area (Å²) < 4.78 is 25.2. The number of carbonyl (C=O) groups is 2. The summed E-state index contributed by atoms with van der Waals surface area (Å²) in [6.07, 6.45) is 0.809. The van der Waals surface area contributed by atoms with Gasteiger partial charge in [0.2, 0.25) is 5.91 Å². The predicted octanol–water partition coefficient (Wildman–Crippen LogP) is 3.85. The number of amides is 1. The van der Waals surface area contributed by atoms with Gasteiger partial charge in [-0.05, 0) is 36.2 Å². The Hall–Kier alpha value is -3.15. The number of halogens is 1. The van der Waals surface area contributed by atoms with Crippen LogP contribution in [-0.2, 0) is 9.59 Å². The van der Waals surface area contributed by atoms with Crippen LogP contribution in [-0.4, -0.2) is 25.9 Å². The molecule has 0 saturated carbocycles. The molecule has 1 aliphatic heterocycles. The van der Waals surface area contributed by atoms with Gasteiger partial charge in [-0.15, -0.1) is 0 Å². The molecule has 29 heavy (non-hydrogen) atoms. The van der Waals surface area contributed by atoms with E-state index in [0.29, 0.717) is 34.8 Å². The molecule has 6 heteroatoms. The molecule has 0 bridgehead atoms. The molecule has 1 amide bonds. The second-order valence-electron chi connectivity index (χ2n) is 7.35. The molecule has 1 N–H and O–H groups in total. The number of allylic oxidation sites excluding steroid dienone is 2. The van der Waals surface area contributed by atoms with Crippen molar-refractivity contribution in [3.8, 4) is 11.5 Å². The topological polar surface area (TPSA) is 64.6 Å². The van der Waals surface area contributed by atoms with E-state index in [0.717, 1.165) is 5.56 Å². The first kappa shape index (κ1) is 19.2. The molecule has 2 aromatic rings. The van der Waals surface area contributed by atoms with Crippen molar-refractivity contribution in [1.29, 1.82) is 0 Å². The van der Waals surface area contributed by atoms with Crippen LogP contribution in [0.1, 0.15) is 42.2 Å². The first-order valence-corrected chi connectivity index (χ1v) is 9.54. The number of carbonyl (C=O) groups excluding carboxylic acids is 2. The fourth-order valence-corrected chi connectivity index (χ4v) is 4.36. The van der Waals surface area contributed by atoms with Gasteiger partial charge in [0.15, 0.2) is 5.78 Å². The van der Waals surface area contributed by atoms with Crippen molar-refractivity contribution in [3.63, 3.8) is 0 Å². The average Bonchev–Trinajstić information content (AvgIpc) is 2.72. The van der Waals surface area contributed by atoms with E-state index in [4.69, 9.17) is 9.47 Å². The van der Waals surface area contributed by atoms with Gasteiger partial charge in [-0.25, -0.2) is 4.39 Å². The fourth-order valence-electron chi connectivity index (χ4n) is 4.36. The van der Waals surface area contributed by atoms with Gasteiger partial charge in [0.25, 0.3) is 0 Å². The number of nitrogens with one attached hydrogen (secondary N) is 1. The van der Waals surface area contributed by atoms with Crippen molar-refractivity contribution >= 4 is 11.7 Å². The molecule has 150 valence electrons. The minimum Gasteiger partial charge on any atom is -0.497 e. The minimum atomic E-state index is -0.555. The lowest BCUT2D eigenvalue weighted by Gasteiger charge is -2.35. The van der Waals surface area contributed by atoms with E-state index in [9.17, 15) is 14.0 Å². The second-order valence-corrected chi connectivity index (χ2v) is 7.35. The van der Waals surface area contributed by atoms with Gasteiger partial charge in [-0.3, -0.25) is 9.59 Å². The highest BCUT2D eigenvalue weighted by molar-refractivity contribution is 6.02. The maximum atomic E-state index is 14.4. The zero-order valence-corrected chi connectivity index (χ0v) is 16.3. The van der Waals surface area contributed by atoms with Crippen LogP contribution >= 0.6 is 0 Å². The molecule has 0 aromatic heterocycles. The highest BCUT2D eigenvalue weighted by Gasteiger charge is 2.39. The van der Waals surface area contributed by atoms with Crippen molar-refractivity contribution in [2.75, 3.05) is 14.2 Å². The Kier molecular flexibility index (Phi) is 5.09. The Morgan fingerprint density at radius 1 is 0.966 bits per heavy atom. The number of hydrogen-bond donors (Lipinski definition) is 1. The van der Waals surface area contributed by atoms with E-state index in [1.165, 1.54) is 6.07 Å². The van der Waals surface area contributed by atoms with Gasteiger partial charge in [0.05, 0.1) is 14.2 Å². The SMILES string of the molecule is COc1ccc(OC)c([C@@H]2CC(=O)C3=C(C2)NC(=O)C[C@H]3c2ccccc2F)c1. The normalized spacial score (nSPS) is 21.5. The first-order valence-electron chi connectivity index (χ1n) is 9.54. The zero-order valence-electron chi connectivity index (χ0n) is 16.3. The summed E-state index contributed by atoms with van der Waals surface area (Å²) in [7, 11) is 3.16. The van der Waals surface area contributed by atoms with Crippen LogP contribution in [0, 0.1) is 5.82 Å². The number of ketones is 1. The first-order chi connectivity index (χ1) is 14.0. The van der Waals surface area contributed by atoms with Crippen LogP contribution in [0.2, 0.25) is 0 Å². The standard InChI is InChI=1S/C23H22FNO4/c1-28-14-7-8-21(29-2)16(11-14)13-9-19-23(20(26)10-13)17(12-22(27)25-19)15-5-3-4-6-18(15)24/h3-8,11,13,17H,9-10,12H2,1-2H3,(H,25,27)/t13-,17-/m0/s1. The summed E-state index contributed by atoms with van der Waals surface area (Å²) in [5.41, 5.74) is 2.35. The summed E-state index contributed by atoms with van der Waals surface area (Å²) in [6.45, 7) is 0. The molecule has 2 atom stereocenters. The van der Waals surface area contributed by atoms with Gasteiger partial charge in [0.1, 0.15) is 17.3 Å². The zero-order chi connectivity index (χ0) is 20.5. The van der Waals surface area contributed by atoms with Gasteiger partial charge in [-0.2, -0.15) is 0 Å².